The molecule has 1 fully saturated rings. The lowest BCUT2D eigenvalue weighted by atomic mass is 9.75. The molecule has 2 N–H and O–H groups in total. The summed E-state index contributed by atoms with van der Waals surface area (Å²) in [6.45, 7) is 8.10. The molecule has 3 nitrogen and oxygen atoms in total. The molecule has 0 aliphatic carbocycles. The van der Waals surface area contributed by atoms with Crippen LogP contribution in [0.25, 0.3) is 0 Å². The van der Waals surface area contributed by atoms with E-state index >= 15 is 0 Å². The van der Waals surface area contributed by atoms with Crippen molar-refractivity contribution in [1.29, 1.82) is 0 Å². The summed E-state index contributed by atoms with van der Waals surface area (Å²) in [5.41, 5.74) is 6.54. The van der Waals surface area contributed by atoms with Gasteiger partial charge in [-0.1, -0.05) is 6.07 Å². The molecule has 19 heavy (non-hydrogen) atoms. The third-order valence-electron chi connectivity index (χ3n) is 3.89. The Labute approximate surface area is 131 Å². The van der Waals surface area contributed by atoms with E-state index in [1.807, 2.05) is 45.9 Å². The second-order valence-corrected chi connectivity index (χ2v) is 7.53. The molecule has 0 spiro atoms. The maximum Gasteiger partial charge on any atom is 0.480 e. The van der Waals surface area contributed by atoms with Gasteiger partial charge in [0.15, 0.2) is 0 Å². The summed E-state index contributed by atoms with van der Waals surface area (Å²) in [6, 6.07) is 5.93. The van der Waals surface area contributed by atoms with Gasteiger partial charge in [0.2, 0.25) is 0 Å². The lowest BCUT2D eigenvalue weighted by Gasteiger charge is -2.32. The van der Waals surface area contributed by atoms with Crippen molar-refractivity contribution in [2.45, 2.75) is 44.8 Å². The van der Waals surface area contributed by atoms with Gasteiger partial charge in [-0.05, 0) is 77.3 Å². The Kier molecular flexibility index (Phi) is 4.21. The SMILES string of the molecule is CC1(C)OB([C@@H](N)c2ccc(Br)c(Br)c2)OC1(C)C. The first-order valence-corrected chi connectivity index (χ1v) is 7.79. The standard InChI is InChI=1S/C13H18BBr2NO2/c1-12(2)13(3,4)19-14(18-12)11(17)8-5-6-9(15)10(16)7-8/h5-7,11H,17H2,1-4H3/t11-/m0/s1. The van der Waals surface area contributed by atoms with Gasteiger partial charge >= 0.3 is 7.12 Å². The zero-order valence-corrected chi connectivity index (χ0v) is 14.7. The highest BCUT2D eigenvalue weighted by Crippen LogP contribution is 2.40. The number of halogens is 2. The fourth-order valence-corrected chi connectivity index (χ4v) is 2.56. The van der Waals surface area contributed by atoms with E-state index < -0.39 is 7.12 Å². The zero-order chi connectivity index (χ0) is 14.4. The fourth-order valence-electron chi connectivity index (χ4n) is 1.91. The van der Waals surface area contributed by atoms with Crippen LogP contribution in [0.5, 0.6) is 0 Å². The highest BCUT2D eigenvalue weighted by molar-refractivity contribution is 9.13. The quantitative estimate of drug-likeness (QED) is 0.780. The number of hydrogen-bond acceptors (Lipinski definition) is 3. The molecule has 1 atom stereocenters. The Morgan fingerprint density at radius 3 is 2.05 bits per heavy atom. The average Bonchev–Trinajstić information content (AvgIpc) is 2.51. The molecule has 0 unspecified atom stereocenters. The van der Waals surface area contributed by atoms with Crippen molar-refractivity contribution in [3.8, 4) is 0 Å². The van der Waals surface area contributed by atoms with Gasteiger partial charge in [-0.25, -0.2) is 0 Å². The molecule has 1 aliphatic rings. The highest BCUT2D eigenvalue weighted by atomic mass is 79.9. The molecule has 0 aromatic heterocycles. The normalized spacial score (nSPS) is 22.6. The van der Waals surface area contributed by atoms with Gasteiger partial charge in [-0.3, -0.25) is 0 Å². The van der Waals surface area contributed by atoms with Gasteiger partial charge in [0.25, 0.3) is 0 Å². The third-order valence-corrected chi connectivity index (χ3v) is 5.77. The van der Waals surface area contributed by atoms with Gasteiger partial charge in [-0.2, -0.15) is 0 Å². The minimum atomic E-state index is -0.432. The molecule has 0 bridgehead atoms. The monoisotopic (exact) mass is 389 g/mol. The summed E-state index contributed by atoms with van der Waals surface area (Å²) in [7, 11) is -0.432. The Bertz CT molecular complexity index is 478. The van der Waals surface area contributed by atoms with E-state index in [2.05, 4.69) is 31.9 Å². The van der Waals surface area contributed by atoms with Crippen LogP contribution in [0.4, 0.5) is 0 Å². The number of hydrogen-bond donors (Lipinski definition) is 1. The molecular formula is C13H18BBr2NO2. The lowest BCUT2D eigenvalue weighted by Crippen LogP contribution is -2.41. The van der Waals surface area contributed by atoms with Gasteiger partial charge in [0.1, 0.15) is 0 Å². The van der Waals surface area contributed by atoms with Gasteiger partial charge < -0.3 is 15.0 Å². The van der Waals surface area contributed by atoms with E-state index in [0.717, 1.165) is 14.5 Å². The van der Waals surface area contributed by atoms with Crippen molar-refractivity contribution in [1.82, 2.24) is 0 Å². The van der Waals surface area contributed by atoms with Crippen molar-refractivity contribution in [2.24, 2.45) is 5.73 Å². The van der Waals surface area contributed by atoms with Crippen LogP contribution in [0, 0.1) is 0 Å². The van der Waals surface area contributed by atoms with Crippen molar-refractivity contribution in [3.05, 3.63) is 32.7 Å². The number of benzene rings is 1. The molecule has 104 valence electrons. The van der Waals surface area contributed by atoms with E-state index in [0.29, 0.717) is 0 Å². The molecule has 1 aromatic carbocycles. The minimum Gasteiger partial charge on any atom is -0.402 e. The van der Waals surface area contributed by atoms with Gasteiger partial charge in [0, 0.05) is 8.95 Å². The zero-order valence-electron chi connectivity index (χ0n) is 11.5. The van der Waals surface area contributed by atoms with Gasteiger partial charge in [-0.15, -0.1) is 0 Å². The van der Waals surface area contributed by atoms with Crippen molar-refractivity contribution >= 4 is 39.0 Å². The first kappa shape index (κ1) is 15.5. The first-order chi connectivity index (χ1) is 8.64. The van der Waals surface area contributed by atoms with E-state index in [9.17, 15) is 0 Å². The van der Waals surface area contributed by atoms with E-state index in [1.165, 1.54) is 0 Å². The Morgan fingerprint density at radius 1 is 1.05 bits per heavy atom. The van der Waals surface area contributed by atoms with Crippen LogP contribution in [-0.2, 0) is 9.31 Å². The van der Waals surface area contributed by atoms with Crippen LogP contribution in [0.2, 0.25) is 0 Å². The molecule has 0 radical (unpaired) electrons. The van der Waals surface area contributed by atoms with Gasteiger partial charge in [0.05, 0.1) is 17.1 Å². The molecule has 6 heteroatoms. The van der Waals surface area contributed by atoms with Crippen LogP contribution < -0.4 is 5.73 Å². The highest BCUT2D eigenvalue weighted by Gasteiger charge is 2.53. The summed E-state index contributed by atoms with van der Waals surface area (Å²) >= 11 is 6.93. The van der Waals surface area contributed by atoms with Crippen LogP contribution >= 0.6 is 31.9 Å². The smallest absolute Gasteiger partial charge is 0.402 e. The molecule has 1 heterocycles. The van der Waals surface area contributed by atoms with E-state index in [4.69, 9.17) is 15.0 Å². The summed E-state index contributed by atoms with van der Waals surface area (Å²) in [5, 5.41) is 0. The maximum atomic E-state index is 6.28. The molecule has 0 saturated carbocycles. The second kappa shape index (κ2) is 5.15. The summed E-state index contributed by atoms with van der Waals surface area (Å²) in [6.07, 6.45) is 0. The number of rotatable bonds is 2. The molecular weight excluding hydrogens is 373 g/mol. The Balaban J connectivity index is 2.22. The molecule has 1 saturated heterocycles. The maximum absolute atomic E-state index is 6.28. The topological polar surface area (TPSA) is 44.5 Å². The van der Waals surface area contributed by atoms with E-state index in [1.54, 1.807) is 0 Å². The van der Waals surface area contributed by atoms with Crippen LogP contribution in [-0.4, -0.2) is 18.3 Å². The first-order valence-electron chi connectivity index (χ1n) is 6.20. The van der Waals surface area contributed by atoms with E-state index in [-0.39, 0.29) is 17.1 Å². The molecule has 1 aromatic rings. The Hall–Kier alpha value is 0.125. The number of nitrogens with two attached hydrogens (primary N) is 1. The van der Waals surface area contributed by atoms with Crippen molar-refractivity contribution in [3.63, 3.8) is 0 Å². The summed E-state index contributed by atoms with van der Waals surface area (Å²) in [5.74, 6) is -0.314. The van der Waals surface area contributed by atoms with Crippen molar-refractivity contribution in [2.75, 3.05) is 0 Å². The largest absolute Gasteiger partial charge is 0.480 e. The lowest BCUT2D eigenvalue weighted by molar-refractivity contribution is 0.00578. The summed E-state index contributed by atoms with van der Waals surface area (Å²) in [4.78, 5) is 0. The predicted octanol–water partition coefficient (Wildman–Crippen LogP) is 3.84. The fraction of sp³-hybridized carbons (Fsp3) is 0.538. The van der Waals surface area contributed by atoms with Crippen molar-refractivity contribution < 1.29 is 9.31 Å². The second-order valence-electron chi connectivity index (χ2n) is 5.82. The predicted molar refractivity (Wildman–Crippen MR) is 84.9 cm³/mol. The van der Waals surface area contributed by atoms with Crippen LogP contribution in [0.1, 0.15) is 39.2 Å². The molecule has 0 amide bonds. The summed E-state index contributed by atoms with van der Waals surface area (Å²) < 4.78 is 13.9. The third kappa shape index (κ3) is 2.93. The molecule has 1 aliphatic heterocycles. The molecule has 2 rings (SSSR count). The minimum absolute atomic E-state index is 0.314. The van der Waals surface area contributed by atoms with Crippen LogP contribution in [0.3, 0.4) is 0 Å². The van der Waals surface area contributed by atoms with Crippen LogP contribution in [0.15, 0.2) is 27.1 Å². The Morgan fingerprint density at radius 2 is 1.58 bits per heavy atom. The average molecular weight is 391 g/mol.